The molecule has 0 saturated carbocycles. The van der Waals surface area contributed by atoms with Crippen LogP contribution in [0.25, 0.3) is 0 Å². The summed E-state index contributed by atoms with van der Waals surface area (Å²) in [6.45, 7) is 0.724. The van der Waals surface area contributed by atoms with Gasteiger partial charge in [-0.15, -0.1) is 0 Å². The lowest BCUT2D eigenvalue weighted by Crippen LogP contribution is -2.14. The third kappa shape index (κ3) is 4.23. The van der Waals surface area contributed by atoms with E-state index in [1.807, 2.05) is 0 Å². The maximum absolute atomic E-state index is 13.6. The average molecular weight is 374 g/mol. The monoisotopic (exact) mass is 372 g/mol. The number of hydrogen-bond acceptors (Lipinski definition) is 3. The third-order valence-electron chi connectivity index (χ3n) is 2.89. The van der Waals surface area contributed by atoms with Crippen LogP contribution in [0.2, 0.25) is 5.02 Å². The van der Waals surface area contributed by atoms with Gasteiger partial charge in [0.05, 0.1) is 9.95 Å². The summed E-state index contributed by atoms with van der Waals surface area (Å²) in [5.74, 6) is -0.291. The smallest absolute Gasteiger partial charge is 0.270 e. The molecule has 2 rings (SSSR count). The number of hydrogen-bond donors (Lipinski definition) is 1. The molecule has 1 N–H and O–H groups in total. The molecule has 7 heteroatoms. The van der Waals surface area contributed by atoms with Crippen LogP contribution in [0.5, 0.6) is 0 Å². The van der Waals surface area contributed by atoms with Gasteiger partial charge >= 0.3 is 0 Å². The van der Waals surface area contributed by atoms with Gasteiger partial charge in [-0.1, -0.05) is 27.5 Å². The Bertz CT molecular complexity index is 682. The molecule has 4 nitrogen and oxygen atoms in total. The largest absolute Gasteiger partial charge is 0.308 e. The van der Waals surface area contributed by atoms with E-state index in [1.165, 1.54) is 18.2 Å². The normalized spacial score (nSPS) is 10.6. The first-order chi connectivity index (χ1) is 9.97. The van der Waals surface area contributed by atoms with Crippen LogP contribution >= 0.6 is 27.5 Å². The van der Waals surface area contributed by atoms with E-state index in [-0.39, 0.29) is 11.5 Å². The molecular formula is C14H11BrClFN2O2. The van der Waals surface area contributed by atoms with Crippen LogP contribution in [-0.2, 0) is 13.1 Å². The molecule has 21 heavy (non-hydrogen) atoms. The van der Waals surface area contributed by atoms with Crippen molar-refractivity contribution < 1.29 is 9.31 Å². The molecule has 110 valence electrons. The number of benzene rings is 2. The van der Waals surface area contributed by atoms with Crippen molar-refractivity contribution in [3.63, 3.8) is 0 Å². The Labute approximate surface area is 134 Å². The lowest BCUT2D eigenvalue weighted by Gasteiger charge is -2.08. The fraction of sp³-hybridized carbons (Fsp3) is 0.143. The second-order valence-corrected chi connectivity index (χ2v) is 5.69. The highest BCUT2D eigenvalue weighted by Gasteiger charge is 2.09. The van der Waals surface area contributed by atoms with Crippen molar-refractivity contribution in [3.05, 3.63) is 73.0 Å². The van der Waals surface area contributed by atoms with Crippen LogP contribution in [0.4, 0.5) is 10.1 Å². The number of rotatable bonds is 5. The number of nitro benzene ring substituents is 1. The zero-order chi connectivity index (χ0) is 15.4. The van der Waals surface area contributed by atoms with Gasteiger partial charge in [0.15, 0.2) is 0 Å². The van der Waals surface area contributed by atoms with Crippen LogP contribution in [0.1, 0.15) is 11.1 Å². The standard InChI is InChI=1S/C14H11BrClFN2O2/c15-11-2-4-14(17)10(5-11)8-18-7-9-1-3-12(19(20)21)6-13(9)16/h1-6,18H,7-8H2. The minimum Gasteiger partial charge on any atom is -0.308 e. The lowest BCUT2D eigenvalue weighted by molar-refractivity contribution is -0.384. The topological polar surface area (TPSA) is 55.2 Å². The number of nitro groups is 1. The third-order valence-corrected chi connectivity index (χ3v) is 3.73. The Kier molecular flexibility index (Phi) is 5.27. The molecule has 0 radical (unpaired) electrons. The molecule has 0 saturated heterocycles. The summed E-state index contributed by atoms with van der Waals surface area (Å²) in [6, 6.07) is 9.00. The van der Waals surface area contributed by atoms with Gasteiger partial charge in [-0.3, -0.25) is 10.1 Å². The molecule has 0 aromatic heterocycles. The van der Waals surface area contributed by atoms with Gasteiger partial charge in [-0.2, -0.15) is 0 Å². The SMILES string of the molecule is O=[N+]([O-])c1ccc(CNCc2cc(Br)ccc2F)c(Cl)c1. The van der Waals surface area contributed by atoms with Crippen LogP contribution in [0, 0.1) is 15.9 Å². The van der Waals surface area contributed by atoms with Crippen molar-refractivity contribution in [2.24, 2.45) is 0 Å². The molecule has 0 fully saturated rings. The van der Waals surface area contributed by atoms with Crippen molar-refractivity contribution in [1.29, 1.82) is 0 Å². The highest BCUT2D eigenvalue weighted by molar-refractivity contribution is 9.10. The highest BCUT2D eigenvalue weighted by atomic mass is 79.9. The Morgan fingerprint density at radius 1 is 1.19 bits per heavy atom. The van der Waals surface area contributed by atoms with E-state index in [1.54, 1.807) is 18.2 Å². The van der Waals surface area contributed by atoms with Crippen molar-refractivity contribution in [1.82, 2.24) is 5.32 Å². The van der Waals surface area contributed by atoms with E-state index in [9.17, 15) is 14.5 Å². The number of nitrogens with zero attached hydrogens (tertiary/aromatic N) is 1. The van der Waals surface area contributed by atoms with Crippen molar-refractivity contribution in [2.75, 3.05) is 0 Å². The maximum atomic E-state index is 13.6. The molecule has 0 bridgehead atoms. The van der Waals surface area contributed by atoms with Gasteiger partial charge in [0.1, 0.15) is 5.82 Å². The maximum Gasteiger partial charge on any atom is 0.270 e. The molecule has 2 aromatic carbocycles. The van der Waals surface area contributed by atoms with E-state index in [2.05, 4.69) is 21.2 Å². The van der Waals surface area contributed by atoms with Crippen LogP contribution in [0.3, 0.4) is 0 Å². The predicted molar refractivity (Wildman–Crippen MR) is 82.8 cm³/mol. The fourth-order valence-corrected chi connectivity index (χ4v) is 2.45. The number of nitrogens with one attached hydrogen (secondary N) is 1. The van der Waals surface area contributed by atoms with E-state index in [4.69, 9.17) is 11.6 Å². The van der Waals surface area contributed by atoms with Gasteiger partial charge in [0.2, 0.25) is 0 Å². The van der Waals surface area contributed by atoms with Crippen molar-refractivity contribution in [3.8, 4) is 0 Å². The zero-order valence-electron chi connectivity index (χ0n) is 10.8. The summed E-state index contributed by atoms with van der Waals surface area (Å²) in [7, 11) is 0. The van der Waals surface area contributed by atoms with Crippen LogP contribution in [0.15, 0.2) is 40.9 Å². The van der Waals surface area contributed by atoms with Crippen molar-refractivity contribution in [2.45, 2.75) is 13.1 Å². The minimum absolute atomic E-state index is 0.0539. The molecule has 0 aliphatic heterocycles. The Balaban J connectivity index is 2.00. The quantitative estimate of drug-likeness (QED) is 0.623. The molecule has 0 spiro atoms. The molecular weight excluding hydrogens is 363 g/mol. The molecule has 0 heterocycles. The summed E-state index contributed by atoms with van der Waals surface area (Å²) in [6.07, 6.45) is 0. The zero-order valence-corrected chi connectivity index (χ0v) is 13.1. The lowest BCUT2D eigenvalue weighted by atomic mass is 10.2. The van der Waals surface area contributed by atoms with Crippen LogP contribution < -0.4 is 5.32 Å². The van der Waals surface area contributed by atoms with Crippen LogP contribution in [-0.4, -0.2) is 4.92 Å². The number of non-ortho nitro benzene ring substituents is 1. The Morgan fingerprint density at radius 2 is 1.90 bits per heavy atom. The van der Waals surface area contributed by atoms with Gasteiger partial charge in [-0.25, -0.2) is 4.39 Å². The molecule has 0 aliphatic carbocycles. The summed E-state index contributed by atoms with van der Waals surface area (Å²) < 4.78 is 14.4. The molecule has 0 amide bonds. The van der Waals surface area contributed by atoms with Crippen molar-refractivity contribution >= 4 is 33.2 Å². The van der Waals surface area contributed by atoms with Gasteiger partial charge in [-0.05, 0) is 29.8 Å². The first kappa shape index (κ1) is 15.9. The second-order valence-electron chi connectivity index (χ2n) is 4.37. The molecule has 2 aromatic rings. The fourth-order valence-electron chi connectivity index (χ4n) is 1.80. The molecule has 0 unspecified atom stereocenters. The summed E-state index contributed by atoms with van der Waals surface area (Å²) >= 11 is 9.27. The van der Waals surface area contributed by atoms with Gasteiger partial charge in [0, 0.05) is 35.3 Å². The average Bonchev–Trinajstić information content (AvgIpc) is 2.44. The summed E-state index contributed by atoms with van der Waals surface area (Å²) in [5, 5.41) is 14.0. The molecule has 0 atom stereocenters. The van der Waals surface area contributed by atoms with Gasteiger partial charge in [0.25, 0.3) is 5.69 Å². The van der Waals surface area contributed by atoms with E-state index in [0.29, 0.717) is 23.7 Å². The predicted octanol–water partition coefficient (Wildman–Crippen LogP) is 4.44. The summed E-state index contributed by atoms with van der Waals surface area (Å²) in [4.78, 5) is 10.1. The first-order valence-electron chi connectivity index (χ1n) is 6.05. The van der Waals surface area contributed by atoms with Gasteiger partial charge < -0.3 is 5.32 Å². The van der Waals surface area contributed by atoms with E-state index >= 15 is 0 Å². The minimum atomic E-state index is -0.500. The Hall–Kier alpha value is -1.50. The Morgan fingerprint density at radius 3 is 2.57 bits per heavy atom. The van der Waals surface area contributed by atoms with E-state index in [0.717, 1.165) is 10.0 Å². The highest BCUT2D eigenvalue weighted by Crippen LogP contribution is 2.22. The van der Waals surface area contributed by atoms with E-state index < -0.39 is 4.92 Å². The molecule has 0 aliphatic rings. The first-order valence-corrected chi connectivity index (χ1v) is 7.22. The number of halogens is 3. The second kappa shape index (κ2) is 6.98. The summed E-state index contributed by atoms with van der Waals surface area (Å²) in [5.41, 5.74) is 1.20.